The average Bonchev–Trinajstić information content (AvgIpc) is 3.07. The predicted octanol–water partition coefficient (Wildman–Crippen LogP) is 4.42. The van der Waals surface area contributed by atoms with Gasteiger partial charge in [-0.05, 0) is 29.6 Å². The van der Waals surface area contributed by atoms with Crippen molar-refractivity contribution in [2.24, 2.45) is 0 Å². The van der Waals surface area contributed by atoms with Crippen LogP contribution in [0.15, 0.2) is 44.7 Å². The lowest BCUT2D eigenvalue weighted by Crippen LogP contribution is -1.90. The lowest BCUT2D eigenvalue weighted by molar-refractivity contribution is 0.407. The second-order valence-electron chi connectivity index (χ2n) is 4.09. The second kappa shape index (κ2) is 5.30. The van der Waals surface area contributed by atoms with Crippen molar-refractivity contribution in [3.05, 3.63) is 40.2 Å². The van der Waals surface area contributed by atoms with Crippen LogP contribution in [0.25, 0.3) is 21.8 Å². The molecule has 0 spiro atoms. The molecule has 0 aliphatic rings. The van der Waals surface area contributed by atoms with Gasteiger partial charge in [-0.2, -0.15) is 0 Å². The van der Waals surface area contributed by atoms with Gasteiger partial charge < -0.3 is 15.0 Å². The number of benzene rings is 1. The van der Waals surface area contributed by atoms with Crippen molar-refractivity contribution in [2.45, 2.75) is 0 Å². The average molecular weight is 351 g/mol. The molecule has 0 atom stereocenters. The van der Waals surface area contributed by atoms with Crippen LogP contribution in [0.2, 0.25) is 0 Å². The normalized spacial score (nSPS) is 10.7. The van der Waals surface area contributed by atoms with E-state index >= 15 is 0 Å². The molecule has 0 saturated heterocycles. The van der Waals surface area contributed by atoms with Crippen LogP contribution in [0, 0.1) is 0 Å². The minimum absolute atomic E-state index is 0.382. The summed E-state index contributed by atoms with van der Waals surface area (Å²) in [6.07, 6.45) is 0. The van der Waals surface area contributed by atoms with Crippen molar-refractivity contribution in [1.82, 2.24) is 5.16 Å². The molecule has 0 radical (unpaired) electrons. The van der Waals surface area contributed by atoms with Crippen molar-refractivity contribution < 1.29 is 9.26 Å². The van der Waals surface area contributed by atoms with Gasteiger partial charge >= 0.3 is 0 Å². The molecule has 2 heterocycles. The van der Waals surface area contributed by atoms with E-state index in [0.29, 0.717) is 17.3 Å². The lowest BCUT2D eigenvalue weighted by Gasteiger charge is -2.07. The van der Waals surface area contributed by atoms with E-state index in [1.807, 2.05) is 35.7 Å². The summed E-state index contributed by atoms with van der Waals surface area (Å²) in [6.45, 7) is 0. The third-order valence-electron chi connectivity index (χ3n) is 2.89. The Bertz CT molecular complexity index is 738. The first-order chi connectivity index (χ1) is 9.70. The summed E-state index contributed by atoms with van der Waals surface area (Å²) in [5, 5.41) is 5.88. The summed E-state index contributed by atoms with van der Waals surface area (Å²) < 4.78 is 11.8. The van der Waals surface area contributed by atoms with Crippen molar-refractivity contribution in [3.8, 4) is 27.5 Å². The molecule has 1 aromatic carbocycles. The largest absolute Gasteiger partial charge is 0.496 e. The maximum atomic E-state index is 5.94. The first-order valence-corrected chi connectivity index (χ1v) is 7.51. The number of thiophene rings is 1. The number of ether oxygens (including phenoxy) is 1. The predicted molar refractivity (Wildman–Crippen MR) is 83.9 cm³/mol. The number of hydrogen-bond donors (Lipinski definition) is 1. The van der Waals surface area contributed by atoms with Gasteiger partial charge in [0.1, 0.15) is 5.75 Å². The van der Waals surface area contributed by atoms with Gasteiger partial charge in [0.2, 0.25) is 0 Å². The maximum Gasteiger partial charge on any atom is 0.181 e. The summed E-state index contributed by atoms with van der Waals surface area (Å²) in [5.41, 5.74) is 7.57. The van der Waals surface area contributed by atoms with Gasteiger partial charge in [-0.3, -0.25) is 0 Å². The molecule has 0 amide bonds. The fourth-order valence-corrected chi connectivity index (χ4v) is 3.11. The third kappa shape index (κ3) is 2.21. The Balaban J connectivity index is 2.22. The highest BCUT2D eigenvalue weighted by Gasteiger charge is 2.21. The molecule has 4 nitrogen and oxygen atoms in total. The Hall–Kier alpha value is -1.79. The summed E-state index contributed by atoms with van der Waals surface area (Å²) in [5.74, 6) is 1.70. The maximum absolute atomic E-state index is 5.94. The standard InChI is InChI=1S/C14H11BrN2O2S/c1-18-10-7-8(15)4-5-9(10)13-12(14(16)17-19-13)11-3-2-6-20-11/h2-7H,1H3,(H2,16,17). The fourth-order valence-electron chi connectivity index (χ4n) is 2.00. The first kappa shape index (κ1) is 13.2. The highest BCUT2D eigenvalue weighted by molar-refractivity contribution is 9.10. The Morgan fingerprint density at radius 1 is 1.35 bits per heavy atom. The Labute approximate surface area is 128 Å². The molecule has 6 heteroatoms. The van der Waals surface area contributed by atoms with Crippen LogP contribution in [0.1, 0.15) is 0 Å². The molecule has 0 aliphatic heterocycles. The number of nitrogens with two attached hydrogens (primary N) is 1. The van der Waals surface area contributed by atoms with Crippen LogP contribution < -0.4 is 10.5 Å². The van der Waals surface area contributed by atoms with Crippen LogP contribution in [-0.2, 0) is 0 Å². The molecular weight excluding hydrogens is 340 g/mol. The zero-order valence-electron chi connectivity index (χ0n) is 10.6. The molecular formula is C14H11BrN2O2S. The third-order valence-corrected chi connectivity index (χ3v) is 4.27. The molecule has 0 fully saturated rings. The molecule has 0 unspecified atom stereocenters. The van der Waals surface area contributed by atoms with Gasteiger partial charge in [0.25, 0.3) is 0 Å². The van der Waals surface area contributed by atoms with Crippen LogP contribution in [-0.4, -0.2) is 12.3 Å². The Kier molecular flexibility index (Phi) is 3.50. The number of anilines is 1. The van der Waals surface area contributed by atoms with Crippen LogP contribution in [0.5, 0.6) is 5.75 Å². The van der Waals surface area contributed by atoms with E-state index in [2.05, 4.69) is 21.1 Å². The van der Waals surface area contributed by atoms with E-state index < -0.39 is 0 Å². The van der Waals surface area contributed by atoms with E-state index in [0.717, 1.165) is 20.5 Å². The fraction of sp³-hybridized carbons (Fsp3) is 0.0714. The van der Waals surface area contributed by atoms with Gasteiger partial charge in [-0.15, -0.1) is 11.3 Å². The monoisotopic (exact) mass is 350 g/mol. The smallest absolute Gasteiger partial charge is 0.181 e. The van der Waals surface area contributed by atoms with E-state index in [4.69, 9.17) is 15.0 Å². The number of halogens is 1. The van der Waals surface area contributed by atoms with E-state index in [-0.39, 0.29) is 0 Å². The van der Waals surface area contributed by atoms with Crippen LogP contribution in [0.4, 0.5) is 5.82 Å². The SMILES string of the molecule is COc1cc(Br)ccc1-c1onc(N)c1-c1cccs1. The van der Waals surface area contributed by atoms with Crippen molar-refractivity contribution in [2.75, 3.05) is 12.8 Å². The van der Waals surface area contributed by atoms with Gasteiger partial charge in [0, 0.05) is 9.35 Å². The number of methoxy groups -OCH3 is 1. The zero-order chi connectivity index (χ0) is 14.1. The van der Waals surface area contributed by atoms with Crippen LogP contribution >= 0.6 is 27.3 Å². The van der Waals surface area contributed by atoms with Gasteiger partial charge in [0.05, 0.1) is 18.2 Å². The molecule has 2 N–H and O–H groups in total. The molecule has 3 aromatic rings. The summed E-state index contributed by atoms with van der Waals surface area (Å²) >= 11 is 5.01. The molecule has 0 saturated carbocycles. The number of nitrogen functional groups attached to an aromatic ring is 1. The topological polar surface area (TPSA) is 61.3 Å². The molecule has 3 rings (SSSR count). The van der Waals surface area contributed by atoms with E-state index in [1.54, 1.807) is 18.4 Å². The van der Waals surface area contributed by atoms with Crippen molar-refractivity contribution >= 4 is 33.1 Å². The highest BCUT2D eigenvalue weighted by Crippen LogP contribution is 2.42. The molecule has 2 aromatic heterocycles. The molecule has 0 aliphatic carbocycles. The van der Waals surface area contributed by atoms with Gasteiger partial charge in [-0.1, -0.05) is 27.2 Å². The second-order valence-corrected chi connectivity index (χ2v) is 5.96. The number of rotatable bonds is 3. The number of hydrogen-bond acceptors (Lipinski definition) is 5. The quantitative estimate of drug-likeness (QED) is 0.759. The zero-order valence-corrected chi connectivity index (χ0v) is 13.0. The minimum atomic E-state index is 0.382. The van der Waals surface area contributed by atoms with Gasteiger partial charge in [-0.25, -0.2) is 0 Å². The Morgan fingerprint density at radius 3 is 2.90 bits per heavy atom. The summed E-state index contributed by atoms with van der Waals surface area (Å²) in [4.78, 5) is 1.02. The number of aromatic nitrogens is 1. The van der Waals surface area contributed by atoms with Crippen molar-refractivity contribution in [3.63, 3.8) is 0 Å². The van der Waals surface area contributed by atoms with E-state index in [9.17, 15) is 0 Å². The van der Waals surface area contributed by atoms with Gasteiger partial charge in [0.15, 0.2) is 11.6 Å². The molecule has 102 valence electrons. The summed E-state index contributed by atoms with van der Waals surface area (Å²) in [6, 6.07) is 9.68. The van der Waals surface area contributed by atoms with E-state index in [1.165, 1.54) is 0 Å². The molecule has 0 bridgehead atoms. The lowest BCUT2D eigenvalue weighted by atomic mass is 10.1. The van der Waals surface area contributed by atoms with Crippen molar-refractivity contribution in [1.29, 1.82) is 0 Å². The first-order valence-electron chi connectivity index (χ1n) is 5.83. The summed E-state index contributed by atoms with van der Waals surface area (Å²) in [7, 11) is 1.62. The highest BCUT2D eigenvalue weighted by atomic mass is 79.9. The van der Waals surface area contributed by atoms with Crippen LogP contribution in [0.3, 0.4) is 0 Å². The molecule has 20 heavy (non-hydrogen) atoms. The number of nitrogens with zero attached hydrogens (tertiary/aromatic N) is 1. The minimum Gasteiger partial charge on any atom is -0.496 e. The Morgan fingerprint density at radius 2 is 2.20 bits per heavy atom.